The summed E-state index contributed by atoms with van der Waals surface area (Å²) in [4.78, 5) is 67.6. The Hall–Kier alpha value is -8.18. The lowest BCUT2D eigenvalue weighted by Gasteiger charge is -2.13. The van der Waals surface area contributed by atoms with Crippen LogP contribution in [0, 0.1) is 13.8 Å². The van der Waals surface area contributed by atoms with Crippen LogP contribution in [0.5, 0.6) is 11.5 Å². The van der Waals surface area contributed by atoms with Crippen molar-refractivity contribution in [1.29, 1.82) is 0 Å². The van der Waals surface area contributed by atoms with E-state index in [-0.39, 0.29) is 62.7 Å². The molecule has 0 saturated carbocycles. The van der Waals surface area contributed by atoms with Gasteiger partial charge in [-0.15, -0.1) is 0 Å². The fraction of sp³-hybridized carbons (Fsp3) is 0.0833. The molecular formula is C48H40N8O10S4. The van der Waals surface area contributed by atoms with E-state index in [9.17, 15) is 36.0 Å². The minimum Gasteiger partial charge on any atom is -0.496 e. The summed E-state index contributed by atoms with van der Waals surface area (Å²) >= 11 is 1.60. The van der Waals surface area contributed by atoms with E-state index in [0.717, 1.165) is 40.0 Å². The monoisotopic (exact) mass is 1020 g/mol. The van der Waals surface area contributed by atoms with E-state index in [2.05, 4.69) is 41.2 Å². The first-order valence-corrected chi connectivity index (χ1v) is 25.1. The summed E-state index contributed by atoms with van der Waals surface area (Å²) in [5.41, 5.74) is 3.50. The number of aryl methyl sites for hydroxylation is 2. The minimum absolute atomic E-state index is 0.0267. The summed E-state index contributed by atoms with van der Waals surface area (Å²) in [6, 6.07) is 29.9. The maximum atomic E-state index is 13.3. The number of rotatable bonds is 14. The van der Waals surface area contributed by atoms with Crippen molar-refractivity contribution in [3.8, 4) is 11.5 Å². The molecule has 8 rings (SSSR count). The van der Waals surface area contributed by atoms with E-state index in [1.165, 1.54) is 57.2 Å². The van der Waals surface area contributed by atoms with Gasteiger partial charge in [-0.2, -0.15) is 0 Å². The van der Waals surface area contributed by atoms with Gasteiger partial charge in [0, 0.05) is 29.7 Å². The second-order valence-corrected chi connectivity index (χ2v) is 21.0. The van der Waals surface area contributed by atoms with Crippen LogP contribution in [0.3, 0.4) is 0 Å². The molecule has 0 radical (unpaired) electrons. The van der Waals surface area contributed by atoms with Gasteiger partial charge in [-0.3, -0.25) is 25.2 Å². The van der Waals surface area contributed by atoms with E-state index in [1.54, 1.807) is 97.1 Å². The Morgan fingerprint density at radius 1 is 0.500 bits per heavy atom. The Kier molecular flexibility index (Phi) is 15.5. The minimum atomic E-state index is -3.86. The molecule has 0 atom stereocenters. The van der Waals surface area contributed by atoms with Crippen LogP contribution in [0.15, 0.2) is 165 Å². The molecule has 0 spiro atoms. The fourth-order valence-corrected chi connectivity index (χ4v) is 11.2. The predicted octanol–water partition coefficient (Wildman–Crippen LogP) is 9.13. The maximum absolute atomic E-state index is 13.3. The molecule has 0 bridgehead atoms. The van der Waals surface area contributed by atoms with Gasteiger partial charge >= 0.3 is 12.1 Å². The number of methoxy groups -OCH3 is 2. The number of urea groups is 2. The molecule has 4 amide bonds. The molecule has 4 heterocycles. The number of hydrogen-bond acceptors (Lipinski definition) is 16. The lowest BCUT2D eigenvalue weighted by atomic mass is 9.99. The molecule has 70 heavy (non-hydrogen) atoms. The van der Waals surface area contributed by atoms with E-state index in [0.29, 0.717) is 22.6 Å². The molecule has 4 aromatic heterocycles. The first-order chi connectivity index (χ1) is 33.6. The molecule has 356 valence electrons. The number of carbonyl (C=O) groups excluding carboxylic acids is 4. The van der Waals surface area contributed by atoms with E-state index in [1.807, 2.05) is 13.8 Å². The van der Waals surface area contributed by atoms with Crippen molar-refractivity contribution in [2.45, 2.75) is 32.2 Å². The number of aromatic nitrogens is 4. The van der Waals surface area contributed by atoms with Crippen molar-refractivity contribution in [2.24, 2.45) is 0 Å². The van der Waals surface area contributed by atoms with Crippen LogP contribution >= 0.6 is 22.7 Å². The van der Waals surface area contributed by atoms with Gasteiger partial charge in [0.25, 0.3) is 0 Å². The standard InChI is InChI=1S/2C24H20N4O5S2/c1-15-9-10-19(18(12-15)22(29)17-7-3-4-8-20(17)33-2)27-23(30)28-24-26-14-21(34-24)35(31,32)16-6-5-11-25-13-16;1-15-10-11-18(17(13-15)22(29)16-7-3-4-8-19(16)33-2)27-23(30)28-24-26-14-21(34-24)35(31,32)20-9-5-6-12-25-20/h2*3-14H,1-2H3,(H2,26,27,28,30). The molecule has 4 aromatic carbocycles. The summed E-state index contributed by atoms with van der Waals surface area (Å²) in [6.07, 6.45) is 6.43. The molecule has 0 aliphatic heterocycles. The van der Waals surface area contributed by atoms with Gasteiger partial charge < -0.3 is 20.1 Å². The van der Waals surface area contributed by atoms with Gasteiger partial charge in [-0.1, -0.05) is 76.3 Å². The molecule has 18 nitrogen and oxygen atoms in total. The highest BCUT2D eigenvalue weighted by atomic mass is 32.2. The molecule has 4 N–H and O–H groups in total. The van der Waals surface area contributed by atoms with Crippen LogP contribution < -0.4 is 30.7 Å². The Bertz CT molecular complexity index is 3230. The van der Waals surface area contributed by atoms with Crippen LogP contribution in [0.25, 0.3) is 0 Å². The average Bonchev–Trinajstić information content (AvgIpc) is 4.06. The number of ketones is 2. The quantitative estimate of drug-likeness (QED) is 0.0741. The second kappa shape index (κ2) is 21.8. The zero-order valence-electron chi connectivity index (χ0n) is 37.4. The fourth-order valence-electron chi connectivity index (χ4n) is 6.48. The van der Waals surface area contributed by atoms with Gasteiger partial charge in [0.15, 0.2) is 26.9 Å². The van der Waals surface area contributed by atoms with Crippen LogP contribution in [-0.4, -0.2) is 74.6 Å². The summed E-state index contributed by atoms with van der Waals surface area (Å²) in [5.74, 6) is 0.193. The van der Waals surface area contributed by atoms with Crippen molar-refractivity contribution in [1.82, 2.24) is 19.9 Å². The van der Waals surface area contributed by atoms with Crippen LogP contribution in [0.2, 0.25) is 0 Å². The van der Waals surface area contributed by atoms with Crippen molar-refractivity contribution in [3.05, 3.63) is 180 Å². The van der Waals surface area contributed by atoms with Crippen molar-refractivity contribution < 1.29 is 45.5 Å². The Morgan fingerprint density at radius 2 is 0.986 bits per heavy atom. The highest BCUT2D eigenvalue weighted by molar-refractivity contribution is 7.93. The molecule has 0 fully saturated rings. The number of carbonyl (C=O) groups is 4. The topological polar surface area (TPSA) is 255 Å². The first-order valence-electron chi connectivity index (χ1n) is 20.5. The molecule has 22 heteroatoms. The number of pyridine rings is 2. The lowest BCUT2D eigenvalue weighted by molar-refractivity contribution is 0.102. The zero-order chi connectivity index (χ0) is 50.0. The normalized spacial score (nSPS) is 11.0. The molecule has 8 aromatic rings. The summed E-state index contributed by atoms with van der Waals surface area (Å²) in [6.45, 7) is 3.67. The van der Waals surface area contributed by atoms with E-state index in [4.69, 9.17) is 9.47 Å². The number of para-hydroxylation sites is 2. The lowest BCUT2D eigenvalue weighted by Crippen LogP contribution is -2.21. The number of sulfone groups is 2. The smallest absolute Gasteiger partial charge is 0.325 e. The Morgan fingerprint density at radius 3 is 1.44 bits per heavy atom. The van der Waals surface area contributed by atoms with Crippen molar-refractivity contribution in [3.63, 3.8) is 0 Å². The third-order valence-corrected chi connectivity index (χ3v) is 16.0. The largest absolute Gasteiger partial charge is 0.496 e. The van der Waals surface area contributed by atoms with Gasteiger partial charge in [-0.25, -0.2) is 41.4 Å². The summed E-state index contributed by atoms with van der Waals surface area (Å²) in [7, 11) is -4.71. The number of anilines is 4. The van der Waals surface area contributed by atoms with Gasteiger partial charge in [-0.05, 0) is 86.6 Å². The summed E-state index contributed by atoms with van der Waals surface area (Å²) < 4.78 is 61.3. The molecular weight excluding hydrogens is 977 g/mol. The highest BCUT2D eigenvalue weighted by Crippen LogP contribution is 2.32. The van der Waals surface area contributed by atoms with Crippen molar-refractivity contribution >= 4 is 87.6 Å². The predicted molar refractivity (Wildman–Crippen MR) is 264 cm³/mol. The van der Waals surface area contributed by atoms with Crippen LogP contribution in [0.4, 0.5) is 31.2 Å². The Balaban J connectivity index is 0.000000206. The number of benzene rings is 4. The van der Waals surface area contributed by atoms with E-state index >= 15 is 0 Å². The van der Waals surface area contributed by atoms with Crippen LogP contribution in [-0.2, 0) is 19.7 Å². The zero-order valence-corrected chi connectivity index (χ0v) is 40.6. The summed E-state index contributed by atoms with van der Waals surface area (Å²) in [5, 5.41) is 10.4. The maximum Gasteiger partial charge on any atom is 0.325 e. The highest BCUT2D eigenvalue weighted by Gasteiger charge is 2.25. The Labute approximate surface area is 409 Å². The number of thiazole rings is 2. The number of hydrogen-bond donors (Lipinski definition) is 4. The van der Waals surface area contributed by atoms with Gasteiger partial charge in [0.05, 0.1) is 54.0 Å². The molecule has 0 aliphatic carbocycles. The molecule has 0 saturated heterocycles. The van der Waals surface area contributed by atoms with Crippen molar-refractivity contribution in [2.75, 3.05) is 35.5 Å². The van der Waals surface area contributed by atoms with Crippen LogP contribution in [0.1, 0.15) is 43.0 Å². The number of nitrogens with one attached hydrogen (secondary N) is 4. The third-order valence-electron chi connectivity index (χ3n) is 9.84. The van der Waals surface area contributed by atoms with Gasteiger partial charge in [0.1, 0.15) is 19.9 Å². The number of nitrogens with zero attached hydrogens (tertiary/aromatic N) is 4. The first kappa shape index (κ1) is 49.7. The molecule has 0 unspecified atom stereocenters. The third kappa shape index (κ3) is 11.6. The second-order valence-electron chi connectivity index (χ2n) is 14.6. The SMILES string of the molecule is COc1ccccc1C(=O)c1cc(C)ccc1NC(=O)Nc1ncc(S(=O)(=O)c2ccccn2)s1.COc1ccccc1C(=O)c1cc(C)ccc1NC(=O)Nc1ncc(S(=O)(=O)c2cccnc2)s1. The molecule has 0 aliphatic rings. The van der Waals surface area contributed by atoms with Gasteiger partial charge in [0.2, 0.25) is 19.7 Å². The van der Waals surface area contributed by atoms with E-state index < -0.39 is 31.7 Å². The average molecular weight is 1020 g/mol. The number of amides is 4. The number of ether oxygens (including phenoxy) is 2.